The largest absolute Gasteiger partial charge is 0.456 e. The Balaban J connectivity index is 1.17. The molecule has 4 nitrogen and oxygen atoms in total. The van der Waals surface area contributed by atoms with E-state index in [2.05, 4.69) is 190 Å². The maximum Gasteiger partial charge on any atom is 0.137 e. The number of hydrogen-bond acceptors (Lipinski definition) is 2. The van der Waals surface area contributed by atoms with Crippen molar-refractivity contribution in [2.75, 3.05) is 4.90 Å². The number of rotatable bonds is 5. The van der Waals surface area contributed by atoms with Crippen LogP contribution in [0.3, 0.4) is 0 Å². The summed E-state index contributed by atoms with van der Waals surface area (Å²) in [5.74, 6) is 0. The summed E-state index contributed by atoms with van der Waals surface area (Å²) in [6.45, 7) is 0. The van der Waals surface area contributed by atoms with Gasteiger partial charge in [0.25, 0.3) is 0 Å². The Morgan fingerprint density at radius 1 is 0.346 bits per heavy atom. The highest BCUT2D eigenvalue weighted by atomic mass is 16.3. The number of nitrogens with zero attached hydrogens (tertiary/aromatic N) is 3. The number of benzene rings is 8. The molecule has 244 valence electrons. The lowest BCUT2D eigenvalue weighted by atomic mass is 10.1. The topological polar surface area (TPSA) is 26.2 Å². The zero-order valence-electron chi connectivity index (χ0n) is 28.1. The summed E-state index contributed by atoms with van der Waals surface area (Å²) in [5, 5.41) is 7.15. The lowest BCUT2D eigenvalue weighted by Crippen LogP contribution is -2.10. The van der Waals surface area contributed by atoms with Crippen LogP contribution in [-0.2, 0) is 0 Å². The average Bonchev–Trinajstić information content (AvgIpc) is 3.87. The van der Waals surface area contributed by atoms with Crippen LogP contribution in [0.4, 0.5) is 17.1 Å². The Hall–Kier alpha value is -7.04. The first-order valence-electron chi connectivity index (χ1n) is 17.7. The number of fused-ring (bicyclic) bond motifs is 9. The van der Waals surface area contributed by atoms with Crippen LogP contribution < -0.4 is 4.90 Å². The van der Waals surface area contributed by atoms with E-state index in [0.29, 0.717) is 0 Å². The van der Waals surface area contributed by atoms with Gasteiger partial charge in [-0.15, -0.1) is 0 Å². The van der Waals surface area contributed by atoms with Gasteiger partial charge in [0.15, 0.2) is 0 Å². The first kappa shape index (κ1) is 28.8. The van der Waals surface area contributed by atoms with E-state index in [1.54, 1.807) is 0 Å². The molecule has 8 aromatic carbocycles. The third-order valence-electron chi connectivity index (χ3n) is 10.5. The Bertz CT molecular complexity index is 3080. The van der Waals surface area contributed by atoms with Gasteiger partial charge in [0, 0.05) is 49.7 Å². The molecule has 0 aliphatic rings. The zero-order chi connectivity index (χ0) is 34.2. The van der Waals surface area contributed by atoms with Crippen molar-refractivity contribution in [3.63, 3.8) is 0 Å². The van der Waals surface area contributed by atoms with E-state index in [1.165, 1.54) is 38.1 Å². The van der Waals surface area contributed by atoms with Crippen LogP contribution in [0.1, 0.15) is 0 Å². The van der Waals surface area contributed by atoms with E-state index in [9.17, 15) is 0 Å². The smallest absolute Gasteiger partial charge is 0.137 e. The van der Waals surface area contributed by atoms with Crippen LogP contribution in [0.2, 0.25) is 0 Å². The second kappa shape index (κ2) is 11.2. The summed E-state index contributed by atoms with van der Waals surface area (Å²) in [6, 6.07) is 67.2. The molecule has 0 aliphatic carbocycles. The fourth-order valence-corrected chi connectivity index (χ4v) is 8.27. The summed E-state index contributed by atoms with van der Waals surface area (Å²) >= 11 is 0. The van der Waals surface area contributed by atoms with Gasteiger partial charge in [0.05, 0.1) is 33.1 Å². The highest BCUT2D eigenvalue weighted by molar-refractivity contribution is 6.15. The molecule has 0 bridgehead atoms. The maximum absolute atomic E-state index is 6.42. The fourth-order valence-electron chi connectivity index (χ4n) is 8.27. The monoisotopic (exact) mass is 665 g/mol. The lowest BCUT2D eigenvalue weighted by Gasteiger charge is -2.27. The first-order valence-corrected chi connectivity index (χ1v) is 17.7. The van der Waals surface area contributed by atoms with Crippen molar-refractivity contribution in [2.24, 2.45) is 0 Å². The Morgan fingerprint density at radius 2 is 0.846 bits per heavy atom. The normalized spacial score (nSPS) is 11.8. The minimum absolute atomic E-state index is 0.866. The molecule has 0 saturated heterocycles. The summed E-state index contributed by atoms with van der Waals surface area (Å²) in [6.07, 6.45) is 0. The molecule has 0 spiro atoms. The van der Waals surface area contributed by atoms with Gasteiger partial charge in [0.2, 0.25) is 0 Å². The third kappa shape index (κ3) is 4.21. The van der Waals surface area contributed by atoms with Gasteiger partial charge in [-0.3, -0.25) is 0 Å². The Kier molecular flexibility index (Phi) is 6.22. The van der Waals surface area contributed by atoms with Crippen molar-refractivity contribution in [3.8, 4) is 11.4 Å². The van der Waals surface area contributed by atoms with Crippen LogP contribution >= 0.6 is 0 Å². The SMILES string of the molecule is c1ccc(-n2c3ccccc3c3ccc(N(c4ccc(-n5c6ccccc6c6ccccc65)cc4)c4cccc5oc6ccccc6c45)cc32)cc1. The molecular formula is C48H31N3O. The molecule has 0 radical (unpaired) electrons. The Morgan fingerprint density at radius 3 is 1.52 bits per heavy atom. The van der Waals surface area contributed by atoms with Gasteiger partial charge in [-0.05, 0) is 84.9 Å². The van der Waals surface area contributed by atoms with Crippen molar-refractivity contribution in [1.82, 2.24) is 9.13 Å². The second-order valence-electron chi connectivity index (χ2n) is 13.4. The summed E-state index contributed by atoms with van der Waals surface area (Å²) in [5.41, 5.74) is 11.9. The van der Waals surface area contributed by atoms with Crippen molar-refractivity contribution >= 4 is 82.6 Å². The van der Waals surface area contributed by atoms with E-state index in [4.69, 9.17) is 4.42 Å². The quantitative estimate of drug-likeness (QED) is 0.183. The predicted molar refractivity (Wildman–Crippen MR) is 217 cm³/mol. The molecule has 0 amide bonds. The maximum atomic E-state index is 6.42. The van der Waals surface area contributed by atoms with Crippen LogP contribution in [0.15, 0.2) is 192 Å². The van der Waals surface area contributed by atoms with Crippen molar-refractivity contribution in [3.05, 3.63) is 188 Å². The first-order chi connectivity index (χ1) is 25.8. The number of aromatic nitrogens is 2. The molecule has 0 unspecified atom stereocenters. The molecule has 0 N–H and O–H groups in total. The third-order valence-corrected chi connectivity index (χ3v) is 10.5. The van der Waals surface area contributed by atoms with Crippen LogP contribution in [-0.4, -0.2) is 9.13 Å². The molecule has 11 aromatic rings. The standard InChI is InChI=1S/C48H31N3O/c1-2-13-32(14-3-1)51-43-21-10-6-17-38(43)39-30-29-35(31-45(39)51)49(44-22-12-24-47-48(44)40-18-7-11-23-46(40)52-47)33-25-27-34(28-26-33)50-41-19-8-4-15-36(41)37-16-5-9-20-42(37)50/h1-31H. The van der Waals surface area contributed by atoms with Crippen molar-refractivity contribution in [2.45, 2.75) is 0 Å². The highest BCUT2D eigenvalue weighted by Gasteiger charge is 2.22. The van der Waals surface area contributed by atoms with E-state index >= 15 is 0 Å². The van der Waals surface area contributed by atoms with Crippen molar-refractivity contribution < 1.29 is 4.42 Å². The van der Waals surface area contributed by atoms with E-state index in [-0.39, 0.29) is 0 Å². The molecular weight excluding hydrogens is 635 g/mol. The van der Waals surface area contributed by atoms with Gasteiger partial charge in [-0.1, -0.05) is 103 Å². The van der Waals surface area contributed by atoms with Gasteiger partial charge in [-0.25, -0.2) is 0 Å². The molecule has 52 heavy (non-hydrogen) atoms. The second-order valence-corrected chi connectivity index (χ2v) is 13.4. The van der Waals surface area contributed by atoms with Crippen LogP contribution in [0.25, 0.3) is 76.9 Å². The molecule has 0 saturated carbocycles. The van der Waals surface area contributed by atoms with E-state index in [0.717, 1.165) is 55.9 Å². The number of hydrogen-bond donors (Lipinski definition) is 0. The lowest BCUT2D eigenvalue weighted by molar-refractivity contribution is 0.669. The van der Waals surface area contributed by atoms with Gasteiger partial charge >= 0.3 is 0 Å². The van der Waals surface area contributed by atoms with Crippen molar-refractivity contribution in [1.29, 1.82) is 0 Å². The average molecular weight is 666 g/mol. The number of furan rings is 1. The molecule has 3 heterocycles. The molecule has 4 heteroatoms. The zero-order valence-corrected chi connectivity index (χ0v) is 28.1. The molecule has 0 atom stereocenters. The summed E-state index contributed by atoms with van der Waals surface area (Å²) in [7, 11) is 0. The minimum Gasteiger partial charge on any atom is -0.456 e. The molecule has 0 fully saturated rings. The molecule has 3 aromatic heterocycles. The van der Waals surface area contributed by atoms with Crippen LogP contribution in [0.5, 0.6) is 0 Å². The highest BCUT2D eigenvalue weighted by Crippen LogP contribution is 2.45. The van der Waals surface area contributed by atoms with Gasteiger partial charge in [-0.2, -0.15) is 0 Å². The van der Waals surface area contributed by atoms with Gasteiger partial charge in [0.1, 0.15) is 11.2 Å². The fraction of sp³-hybridized carbons (Fsp3) is 0. The van der Waals surface area contributed by atoms with Gasteiger partial charge < -0.3 is 18.5 Å². The minimum atomic E-state index is 0.866. The van der Waals surface area contributed by atoms with E-state index < -0.39 is 0 Å². The van der Waals surface area contributed by atoms with E-state index in [1.807, 2.05) is 12.1 Å². The molecule has 11 rings (SSSR count). The summed E-state index contributed by atoms with van der Waals surface area (Å²) in [4.78, 5) is 2.38. The van der Waals surface area contributed by atoms with Crippen LogP contribution in [0, 0.1) is 0 Å². The Labute approximate surface area is 299 Å². The molecule has 0 aliphatic heterocycles. The summed E-state index contributed by atoms with van der Waals surface area (Å²) < 4.78 is 11.2. The predicted octanol–water partition coefficient (Wildman–Crippen LogP) is 13.2. The number of anilines is 3. The number of para-hydroxylation sites is 5.